The molecule has 0 amide bonds. The molecule has 0 fully saturated rings. The van der Waals surface area contributed by atoms with Crippen molar-refractivity contribution < 1.29 is 23.6 Å². The number of aromatic nitrogens is 3. The maximum Gasteiger partial charge on any atom is 0.402 e. The summed E-state index contributed by atoms with van der Waals surface area (Å²) in [5.41, 5.74) is 10.6. The van der Waals surface area contributed by atoms with Crippen LogP contribution in [0, 0.1) is 6.92 Å². The van der Waals surface area contributed by atoms with Gasteiger partial charge in [0.2, 0.25) is 0 Å². The van der Waals surface area contributed by atoms with Crippen molar-refractivity contribution in [2.24, 2.45) is 5.73 Å². The molecular formula is C27H35N4O4S2+. The summed E-state index contributed by atoms with van der Waals surface area (Å²) >= 11 is 0. The lowest BCUT2D eigenvalue weighted by atomic mass is 9.80. The lowest BCUT2D eigenvalue weighted by Crippen LogP contribution is -2.37. The molecule has 37 heavy (non-hydrogen) atoms. The highest BCUT2D eigenvalue weighted by atomic mass is 33.1. The van der Waals surface area contributed by atoms with Gasteiger partial charge in [0, 0.05) is 28.2 Å². The number of imidazole rings is 1. The van der Waals surface area contributed by atoms with Gasteiger partial charge in [-0.1, -0.05) is 26.6 Å². The number of carbonyl (C=O) groups excluding carboxylic acids is 2. The van der Waals surface area contributed by atoms with Crippen molar-refractivity contribution in [1.82, 2.24) is 9.97 Å². The predicted molar refractivity (Wildman–Crippen MR) is 148 cm³/mol. The smallest absolute Gasteiger partial charge is 0.402 e. The Hall–Kier alpha value is -2.56. The molecule has 0 saturated carbocycles. The van der Waals surface area contributed by atoms with Gasteiger partial charge in [-0.15, -0.1) is 0 Å². The van der Waals surface area contributed by atoms with Crippen LogP contribution in [-0.4, -0.2) is 47.2 Å². The molecule has 0 radical (unpaired) electrons. The summed E-state index contributed by atoms with van der Waals surface area (Å²) in [6.07, 6.45) is 1.94. The molecule has 1 aromatic carbocycles. The molecule has 2 aromatic heterocycles. The third-order valence-electron chi connectivity index (χ3n) is 7.12. The van der Waals surface area contributed by atoms with E-state index in [1.165, 1.54) is 10.8 Å². The highest BCUT2D eigenvalue weighted by Gasteiger charge is 2.50. The number of ether oxygens (including phenoxy) is 2. The van der Waals surface area contributed by atoms with Crippen molar-refractivity contribution >= 4 is 44.4 Å². The number of pyridine rings is 1. The zero-order valence-corrected chi connectivity index (χ0v) is 24.1. The first kappa shape index (κ1) is 27.5. The molecule has 1 atom stereocenters. The number of H-pyrrole nitrogens is 1. The molecule has 1 aliphatic carbocycles. The van der Waals surface area contributed by atoms with Crippen molar-refractivity contribution in [2.75, 3.05) is 19.5 Å². The summed E-state index contributed by atoms with van der Waals surface area (Å²) in [4.78, 5) is 33.3. The number of carbonyl (C=O) groups is 2. The Labute approximate surface area is 225 Å². The summed E-state index contributed by atoms with van der Waals surface area (Å²) in [7, 11) is 4.80. The standard InChI is InChI=1S/C27H35N4O4S2/c1-8-35-23(32)18(28)13-36-37-14-21-15(2)22(34-7)9-10-31(21)25-29-19-11-16-17(12-20(19)30-25)27(5,6)24(33)26(16,3)4/h9-12,18H,8,13-14,28H2,1-7H3,(H,29,30)/q+1/t18-/m0/s1. The van der Waals surface area contributed by atoms with Gasteiger partial charge < -0.3 is 15.2 Å². The molecule has 0 unspecified atom stereocenters. The Morgan fingerprint density at radius 1 is 1.19 bits per heavy atom. The van der Waals surface area contributed by atoms with Crippen molar-refractivity contribution in [3.63, 3.8) is 0 Å². The minimum atomic E-state index is -0.659. The molecule has 8 nitrogen and oxygen atoms in total. The second-order valence-electron chi connectivity index (χ2n) is 10.3. The van der Waals surface area contributed by atoms with Gasteiger partial charge in [-0.05, 0) is 64.8 Å². The van der Waals surface area contributed by atoms with Gasteiger partial charge in [0.15, 0.2) is 11.3 Å². The molecular weight excluding hydrogens is 508 g/mol. The first-order chi connectivity index (χ1) is 17.4. The first-order valence-corrected chi connectivity index (χ1v) is 14.8. The number of methoxy groups -OCH3 is 1. The maximum absolute atomic E-state index is 13.1. The number of fused-ring (bicyclic) bond motifs is 2. The van der Waals surface area contributed by atoms with E-state index in [0.717, 1.165) is 39.2 Å². The summed E-state index contributed by atoms with van der Waals surface area (Å²) in [6, 6.07) is 5.39. The van der Waals surface area contributed by atoms with E-state index in [4.69, 9.17) is 20.2 Å². The molecule has 0 aliphatic heterocycles. The van der Waals surface area contributed by atoms with E-state index in [1.807, 2.05) is 51.4 Å². The van der Waals surface area contributed by atoms with Crippen molar-refractivity contribution in [1.29, 1.82) is 0 Å². The van der Waals surface area contributed by atoms with Gasteiger partial charge in [-0.25, -0.2) is 9.55 Å². The second kappa shape index (κ2) is 10.3. The number of hydrogen-bond acceptors (Lipinski definition) is 8. The number of aromatic amines is 1. The lowest BCUT2D eigenvalue weighted by Gasteiger charge is -2.21. The number of nitrogens with zero attached hydrogens (tertiary/aromatic N) is 2. The van der Waals surface area contributed by atoms with Crippen LogP contribution in [0.3, 0.4) is 0 Å². The van der Waals surface area contributed by atoms with Crippen molar-refractivity contribution in [2.45, 2.75) is 64.2 Å². The average Bonchev–Trinajstić information content (AvgIpc) is 3.33. The van der Waals surface area contributed by atoms with Gasteiger partial charge in [-0.2, -0.15) is 0 Å². The summed E-state index contributed by atoms with van der Waals surface area (Å²) in [5.74, 6) is 2.42. The van der Waals surface area contributed by atoms with Crippen LogP contribution in [-0.2, 0) is 30.9 Å². The van der Waals surface area contributed by atoms with Crippen LogP contribution in [0.15, 0.2) is 24.4 Å². The minimum Gasteiger partial charge on any atom is -0.496 e. The quantitative estimate of drug-likeness (QED) is 0.180. The number of ketones is 1. The number of Topliss-reactive ketones (excluding diaryl/α,β-unsaturated/α-hetero) is 1. The minimum absolute atomic E-state index is 0.225. The number of benzene rings is 1. The molecule has 0 spiro atoms. The van der Waals surface area contributed by atoms with Gasteiger partial charge >= 0.3 is 11.9 Å². The van der Waals surface area contributed by atoms with Gasteiger partial charge in [0.1, 0.15) is 23.0 Å². The van der Waals surface area contributed by atoms with Crippen LogP contribution in [0.4, 0.5) is 0 Å². The molecule has 1 aliphatic rings. The molecule has 4 rings (SSSR count). The van der Waals surface area contributed by atoms with Crippen LogP contribution in [0.5, 0.6) is 5.75 Å². The second-order valence-corrected chi connectivity index (χ2v) is 12.8. The van der Waals surface area contributed by atoms with Crippen LogP contribution in [0.2, 0.25) is 0 Å². The monoisotopic (exact) mass is 543 g/mol. The van der Waals surface area contributed by atoms with E-state index in [1.54, 1.807) is 24.8 Å². The van der Waals surface area contributed by atoms with E-state index in [-0.39, 0.29) is 11.8 Å². The van der Waals surface area contributed by atoms with Crippen molar-refractivity contribution in [3.8, 4) is 11.7 Å². The molecule has 3 N–H and O–H groups in total. The maximum atomic E-state index is 13.1. The van der Waals surface area contributed by atoms with Crippen molar-refractivity contribution in [3.05, 3.63) is 46.8 Å². The zero-order valence-electron chi connectivity index (χ0n) is 22.4. The van der Waals surface area contributed by atoms with E-state index in [9.17, 15) is 9.59 Å². The Kier molecular flexibility index (Phi) is 7.65. The van der Waals surface area contributed by atoms with E-state index in [2.05, 4.69) is 17.1 Å². The van der Waals surface area contributed by atoms with E-state index < -0.39 is 16.9 Å². The topological polar surface area (TPSA) is 111 Å². The van der Waals surface area contributed by atoms with Gasteiger partial charge in [0.05, 0.1) is 25.7 Å². The number of nitrogens with one attached hydrogen (secondary N) is 1. The third kappa shape index (κ3) is 4.86. The Morgan fingerprint density at radius 2 is 1.86 bits per heavy atom. The fourth-order valence-corrected chi connectivity index (χ4v) is 7.27. The van der Waals surface area contributed by atoms with Gasteiger partial charge in [-0.3, -0.25) is 9.59 Å². The van der Waals surface area contributed by atoms with E-state index >= 15 is 0 Å². The largest absolute Gasteiger partial charge is 0.496 e. The normalized spacial score (nSPS) is 16.6. The SMILES string of the molecule is CCOC(=O)[C@@H](N)CSSCc1c(C)c(OC)cc[n+]1-c1nc2cc3c(cc2[nH]1)C(C)(C)C(=O)C3(C)C. The molecule has 10 heteroatoms. The van der Waals surface area contributed by atoms with Gasteiger partial charge in [0.25, 0.3) is 0 Å². The fraction of sp³-hybridized carbons (Fsp3) is 0.481. The molecule has 3 aromatic rings. The molecule has 2 heterocycles. The Bertz CT molecular complexity index is 1310. The average molecular weight is 544 g/mol. The van der Waals surface area contributed by atoms with Crippen LogP contribution in [0.25, 0.3) is 17.0 Å². The molecule has 0 saturated heterocycles. The molecule has 198 valence electrons. The number of hydrogen-bond donors (Lipinski definition) is 2. The zero-order chi connectivity index (χ0) is 27.1. The van der Waals surface area contributed by atoms with Crippen LogP contribution in [0.1, 0.15) is 57.0 Å². The summed E-state index contributed by atoms with van der Waals surface area (Å²) in [6.45, 7) is 12.1. The highest BCUT2D eigenvalue weighted by molar-refractivity contribution is 8.76. The summed E-state index contributed by atoms with van der Waals surface area (Å²) < 4.78 is 12.6. The number of nitrogens with two attached hydrogens (primary N) is 1. The van der Waals surface area contributed by atoms with Crippen LogP contribution >= 0.6 is 21.6 Å². The fourth-order valence-electron chi connectivity index (χ4n) is 5.03. The Balaban J connectivity index is 1.66. The Morgan fingerprint density at radius 3 is 2.51 bits per heavy atom. The number of esters is 1. The first-order valence-electron chi connectivity index (χ1n) is 12.3. The summed E-state index contributed by atoms with van der Waals surface area (Å²) in [5, 5.41) is 0. The third-order valence-corrected chi connectivity index (χ3v) is 9.44. The van der Waals surface area contributed by atoms with Crippen LogP contribution < -0.4 is 15.0 Å². The highest BCUT2D eigenvalue weighted by Crippen LogP contribution is 2.47. The number of rotatable bonds is 9. The predicted octanol–water partition coefficient (Wildman–Crippen LogP) is 4.07. The lowest BCUT2D eigenvalue weighted by molar-refractivity contribution is -0.610. The molecule has 0 bridgehead atoms. The van der Waals surface area contributed by atoms with E-state index in [0.29, 0.717) is 24.1 Å².